The Balaban J connectivity index is 2.19. The van der Waals surface area contributed by atoms with Crippen molar-refractivity contribution in [1.29, 1.82) is 0 Å². The van der Waals surface area contributed by atoms with Crippen molar-refractivity contribution in [3.05, 3.63) is 21.9 Å². The fourth-order valence-electron chi connectivity index (χ4n) is 2.86. The first-order chi connectivity index (χ1) is 12.0. The van der Waals surface area contributed by atoms with Crippen LogP contribution in [0.4, 0.5) is 4.79 Å². The molecule has 9 nitrogen and oxygen atoms in total. The van der Waals surface area contributed by atoms with Crippen molar-refractivity contribution in [2.45, 2.75) is 45.1 Å². The van der Waals surface area contributed by atoms with Gasteiger partial charge in [0.25, 0.3) is 5.56 Å². The number of carbonyl (C=O) groups excluding carboxylic acids is 2. The van der Waals surface area contributed by atoms with Gasteiger partial charge in [0.2, 0.25) is 5.75 Å². The van der Waals surface area contributed by atoms with Crippen molar-refractivity contribution < 1.29 is 24.2 Å². The third-order valence-electron chi connectivity index (χ3n) is 4.19. The van der Waals surface area contributed by atoms with Crippen LogP contribution in [0, 0.1) is 0 Å². The van der Waals surface area contributed by atoms with Crippen molar-refractivity contribution in [3.8, 4) is 5.75 Å². The molecular formula is C17H25N3O6. The standard InChI is InChI=1S/C17H25N3O6/c1-17(2,3)26-16(24)20-8-6-10(7-9-20)13-18-11(15(23)25-5)12(21)14(22)19(13)4/h10,21H,6-9H2,1-5H3. The zero-order valence-electron chi connectivity index (χ0n) is 15.7. The summed E-state index contributed by atoms with van der Waals surface area (Å²) in [5.41, 5.74) is -1.66. The SMILES string of the molecule is COC(=O)c1nc(C2CCN(C(=O)OC(C)(C)C)CC2)n(C)c(=O)c1O. The number of piperidine rings is 1. The molecule has 0 saturated carbocycles. The lowest BCUT2D eigenvalue weighted by Crippen LogP contribution is -2.42. The van der Waals surface area contributed by atoms with Crippen molar-refractivity contribution in [1.82, 2.24) is 14.5 Å². The highest BCUT2D eigenvalue weighted by molar-refractivity contribution is 5.89. The van der Waals surface area contributed by atoms with Crippen LogP contribution < -0.4 is 5.56 Å². The molecule has 2 heterocycles. The number of likely N-dealkylation sites (tertiary alicyclic amines) is 1. The molecule has 0 spiro atoms. The highest BCUT2D eigenvalue weighted by Crippen LogP contribution is 2.28. The van der Waals surface area contributed by atoms with Crippen LogP contribution in [0.2, 0.25) is 0 Å². The van der Waals surface area contributed by atoms with Gasteiger partial charge in [0.1, 0.15) is 11.4 Å². The Kier molecular flexibility index (Phi) is 5.58. The summed E-state index contributed by atoms with van der Waals surface area (Å²) in [7, 11) is 2.64. The fraction of sp³-hybridized carbons (Fsp3) is 0.647. The molecule has 1 saturated heterocycles. The second kappa shape index (κ2) is 7.35. The molecule has 26 heavy (non-hydrogen) atoms. The van der Waals surface area contributed by atoms with Gasteiger partial charge in [-0.1, -0.05) is 0 Å². The number of amides is 1. The zero-order chi connectivity index (χ0) is 19.6. The molecule has 1 aliphatic rings. The van der Waals surface area contributed by atoms with Gasteiger partial charge in [-0.25, -0.2) is 14.6 Å². The highest BCUT2D eigenvalue weighted by atomic mass is 16.6. The minimum atomic E-state index is -0.868. The summed E-state index contributed by atoms with van der Waals surface area (Å²) >= 11 is 0. The van der Waals surface area contributed by atoms with Crippen LogP contribution in [-0.2, 0) is 16.5 Å². The molecule has 1 aliphatic heterocycles. The van der Waals surface area contributed by atoms with Gasteiger partial charge in [-0.2, -0.15) is 0 Å². The van der Waals surface area contributed by atoms with E-state index in [2.05, 4.69) is 9.72 Å². The maximum Gasteiger partial charge on any atom is 0.410 e. The minimum Gasteiger partial charge on any atom is -0.501 e. The van der Waals surface area contributed by atoms with Gasteiger partial charge in [0.15, 0.2) is 5.69 Å². The maximum atomic E-state index is 12.2. The lowest BCUT2D eigenvalue weighted by atomic mass is 9.95. The first-order valence-electron chi connectivity index (χ1n) is 8.41. The average Bonchev–Trinajstić information content (AvgIpc) is 2.58. The first-order valence-corrected chi connectivity index (χ1v) is 8.41. The quantitative estimate of drug-likeness (QED) is 0.786. The predicted molar refractivity (Wildman–Crippen MR) is 92.3 cm³/mol. The molecule has 9 heteroatoms. The van der Waals surface area contributed by atoms with Gasteiger partial charge in [-0.3, -0.25) is 9.36 Å². The Labute approximate surface area is 151 Å². The van der Waals surface area contributed by atoms with Gasteiger partial charge >= 0.3 is 12.1 Å². The van der Waals surface area contributed by atoms with Crippen LogP contribution >= 0.6 is 0 Å². The van der Waals surface area contributed by atoms with Gasteiger partial charge in [-0.05, 0) is 33.6 Å². The van der Waals surface area contributed by atoms with Crippen molar-refractivity contribution in [2.24, 2.45) is 7.05 Å². The van der Waals surface area contributed by atoms with E-state index in [-0.39, 0.29) is 17.7 Å². The second-order valence-electron chi connectivity index (χ2n) is 7.26. The molecule has 144 valence electrons. The van der Waals surface area contributed by atoms with E-state index in [0.29, 0.717) is 31.8 Å². The van der Waals surface area contributed by atoms with Gasteiger partial charge in [-0.15, -0.1) is 0 Å². The normalized spacial score (nSPS) is 15.7. The Morgan fingerprint density at radius 3 is 2.31 bits per heavy atom. The Hall–Kier alpha value is -2.58. The van der Waals surface area contributed by atoms with Crippen molar-refractivity contribution in [2.75, 3.05) is 20.2 Å². The predicted octanol–water partition coefficient (Wildman–Crippen LogP) is 1.39. The summed E-state index contributed by atoms with van der Waals surface area (Å²) in [4.78, 5) is 41.8. The van der Waals surface area contributed by atoms with Crippen LogP contribution in [-0.4, -0.2) is 57.4 Å². The van der Waals surface area contributed by atoms with E-state index in [1.165, 1.54) is 11.6 Å². The summed E-state index contributed by atoms with van der Waals surface area (Å²) < 4.78 is 11.2. The lowest BCUT2D eigenvalue weighted by molar-refractivity contribution is 0.0202. The van der Waals surface area contributed by atoms with Gasteiger partial charge in [0, 0.05) is 26.1 Å². The molecule has 0 aromatic carbocycles. The van der Waals surface area contributed by atoms with Crippen LogP contribution in [0.15, 0.2) is 4.79 Å². The Morgan fingerprint density at radius 2 is 1.81 bits per heavy atom. The molecule has 0 unspecified atom stereocenters. The summed E-state index contributed by atoms with van der Waals surface area (Å²) in [6.07, 6.45) is 0.745. The van der Waals surface area contributed by atoms with E-state index in [0.717, 1.165) is 7.11 Å². The number of hydrogen-bond donors (Lipinski definition) is 1. The number of ether oxygens (including phenoxy) is 2. The number of aromatic nitrogens is 2. The molecular weight excluding hydrogens is 342 g/mol. The largest absolute Gasteiger partial charge is 0.501 e. The van der Waals surface area contributed by atoms with E-state index in [1.807, 2.05) is 20.8 Å². The molecule has 1 aromatic rings. The summed E-state index contributed by atoms with van der Waals surface area (Å²) in [6.45, 7) is 6.32. The molecule has 1 amide bonds. The van der Waals surface area contributed by atoms with Crippen LogP contribution in [0.25, 0.3) is 0 Å². The van der Waals surface area contributed by atoms with E-state index in [1.54, 1.807) is 4.90 Å². The monoisotopic (exact) mass is 367 g/mol. The molecule has 1 N–H and O–H groups in total. The minimum absolute atomic E-state index is 0.129. The molecule has 1 fully saturated rings. The number of rotatable bonds is 2. The van der Waals surface area contributed by atoms with E-state index in [9.17, 15) is 19.5 Å². The Morgan fingerprint density at radius 1 is 1.23 bits per heavy atom. The average molecular weight is 367 g/mol. The number of methoxy groups -OCH3 is 1. The molecule has 0 radical (unpaired) electrons. The number of nitrogens with zero attached hydrogens (tertiary/aromatic N) is 3. The number of carbonyl (C=O) groups is 2. The molecule has 2 rings (SSSR count). The number of esters is 1. The van der Waals surface area contributed by atoms with Crippen molar-refractivity contribution in [3.63, 3.8) is 0 Å². The maximum absolute atomic E-state index is 12.2. The van der Waals surface area contributed by atoms with E-state index < -0.39 is 22.9 Å². The summed E-state index contributed by atoms with van der Waals surface area (Å²) in [5.74, 6) is -1.34. The number of hydrogen-bond acceptors (Lipinski definition) is 7. The van der Waals surface area contributed by atoms with Crippen molar-refractivity contribution >= 4 is 12.1 Å². The third-order valence-corrected chi connectivity index (χ3v) is 4.19. The topological polar surface area (TPSA) is 111 Å². The molecule has 0 bridgehead atoms. The molecule has 1 aromatic heterocycles. The molecule has 0 aliphatic carbocycles. The van der Waals surface area contributed by atoms with Crippen LogP contribution in [0.1, 0.15) is 55.8 Å². The first kappa shape index (κ1) is 19.7. The Bertz CT molecular complexity index is 757. The van der Waals surface area contributed by atoms with Gasteiger partial charge in [0.05, 0.1) is 7.11 Å². The summed E-state index contributed by atoms with van der Waals surface area (Å²) in [6, 6.07) is 0. The second-order valence-corrected chi connectivity index (χ2v) is 7.26. The smallest absolute Gasteiger partial charge is 0.410 e. The van der Waals surface area contributed by atoms with Gasteiger partial charge < -0.3 is 19.5 Å². The highest BCUT2D eigenvalue weighted by Gasteiger charge is 2.31. The number of aromatic hydroxyl groups is 1. The van der Waals surface area contributed by atoms with Crippen LogP contribution in [0.5, 0.6) is 5.75 Å². The summed E-state index contributed by atoms with van der Waals surface area (Å²) in [5, 5.41) is 9.86. The molecule has 0 atom stereocenters. The van der Waals surface area contributed by atoms with E-state index >= 15 is 0 Å². The lowest BCUT2D eigenvalue weighted by Gasteiger charge is -2.33. The fourth-order valence-corrected chi connectivity index (χ4v) is 2.86. The zero-order valence-corrected chi connectivity index (χ0v) is 15.7. The van der Waals surface area contributed by atoms with E-state index in [4.69, 9.17) is 4.74 Å². The van der Waals surface area contributed by atoms with Crippen LogP contribution in [0.3, 0.4) is 0 Å². The third kappa shape index (κ3) is 4.14.